The predicted octanol–water partition coefficient (Wildman–Crippen LogP) is -0.609. The maximum Gasteiger partial charge on any atom is 0.167 e. The Balaban J connectivity index is 2.40. The van der Waals surface area contributed by atoms with Crippen molar-refractivity contribution in [3.05, 3.63) is 0 Å². The largest absolute Gasteiger partial charge is 0.367 e. The van der Waals surface area contributed by atoms with Crippen molar-refractivity contribution in [2.75, 3.05) is 13.6 Å². The summed E-state index contributed by atoms with van der Waals surface area (Å²) in [6, 6.07) is -0.0231. The Morgan fingerprint density at radius 1 is 1.56 bits per heavy atom. The zero-order valence-electron chi connectivity index (χ0n) is 5.62. The van der Waals surface area contributed by atoms with Gasteiger partial charge in [0, 0.05) is 0 Å². The third-order valence-corrected chi connectivity index (χ3v) is 1.92. The van der Waals surface area contributed by atoms with Gasteiger partial charge < -0.3 is 10.2 Å². The maximum atomic E-state index is 8.74. The second-order valence-corrected chi connectivity index (χ2v) is 2.60. The number of hydrogen-bond donors (Lipinski definition) is 2. The van der Waals surface area contributed by atoms with E-state index in [0.717, 1.165) is 19.4 Å². The number of likely N-dealkylation sites (N-methyl/N-ethyl adjacent to an activating group) is 1. The predicted molar refractivity (Wildman–Crippen MR) is 33.9 cm³/mol. The van der Waals surface area contributed by atoms with Crippen LogP contribution in [-0.2, 0) is 0 Å². The molecule has 54 valence electrons. The van der Waals surface area contributed by atoms with Gasteiger partial charge in [0.15, 0.2) is 6.29 Å². The number of likely N-dealkylation sites (tertiary alicyclic amines) is 1. The fourth-order valence-electron chi connectivity index (χ4n) is 1.31. The van der Waals surface area contributed by atoms with Gasteiger partial charge in [-0.2, -0.15) is 0 Å². The first-order valence-corrected chi connectivity index (χ1v) is 3.28. The lowest BCUT2D eigenvalue weighted by Crippen LogP contribution is -2.35. The van der Waals surface area contributed by atoms with Crippen LogP contribution in [0.15, 0.2) is 0 Å². The Bertz CT molecular complexity index is 95.1. The standard InChI is InChI=1S/C6H13NO2/c1-7-4-2-3-5(7)6(8)9/h5-6,8-9H,2-4H2,1H3/t5-/m0/s1. The molecule has 0 aromatic carbocycles. The van der Waals surface area contributed by atoms with Crippen LogP contribution >= 0.6 is 0 Å². The molecule has 1 saturated heterocycles. The molecule has 1 heterocycles. The zero-order chi connectivity index (χ0) is 6.85. The zero-order valence-corrected chi connectivity index (χ0v) is 5.62. The summed E-state index contributed by atoms with van der Waals surface area (Å²) in [6.45, 7) is 0.988. The molecule has 0 unspecified atom stereocenters. The highest BCUT2D eigenvalue weighted by Crippen LogP contribution is 2.16. The Kier molecular flexibility index (Phi) is 2.05. The molecule has 2 N–H and O–H groups in total. The lowest BCUT2D eigenvalue weighted by molar-refractivity contribution is -0.0858. The van der Waals surface area contributed by atoms with Crippen molar-refractivity contribution in [1.29, 1.82) is 0 Å². The van der Waals surface area contributed by atoms with Gasteiger partial charge in [0.1, 0.15) is 0 Å². The van der Waals surface area contributed by atoms with Crippen LogP contribution in [0, 0.1) is 0 Å². The fourth-order valence-corrected chi connectivity index (χ4v) is 1.31. The van der Waals surface area contributed by atoms with Crippen molar-refractivity contribution < 1.29 is 10.2 Å². The van der Waals surface area contributed by atoms with Crippen LogP contribution in [0.4, 0.5) is 0 Å². The summed E-state index contributed by atoms with van der Waals surface area (Å²) in [7, 11) is 1.91. The summed E-state index contributed by atoms with van der Waals surface area (Å²) >= 11 is 0. The van der Waals surface area contributed by atoms with Crippen LogP contribution in [0.5, 0.6) is 0 Å². The average molecular weight is 131 g/mol. The number of rotatable bonds is 1. The van der Waals surface area contributed by atoms with E-state index in [9.17, 15) is 0 Å². The highest BCUT2D eigenvalue weighted by molar-refractivity contribution is 4.77. The summed E-state index contributed by atoms with van der Waals surface area (Å²) in [5, 5.41) is 17.5. The molecule has 1 fully saturated rings. The summed E-state index contributed by atoms with van der Waals surface area (Å²) < 4.78 is 0. The van der Waals surface area contributed by atoms with E-state index >= 15 is 0 Å². The van der Waals surface area contributed by atoms with Gasteiger partial charge in [0.05, 0.1) is 6.04 Å². The molecular formula is C6H13NO2. The molecule has 0 aromatic heterocycles. The molecule has 0 saturated carbocycles. The molecule has 0 aliphatic carbocycles. The van der Waals surface area contributed by atoms with Crippen molar-refractivity contribution in [3.63, 3.8) is 0 Å². The van der Waals surface area contributed by atoms with E-state index in [4.69, 9.17) is 10.2 Å². The average Bonchev–Trinajstić information content (AvgIpc) is 2.13. The van der Waals surface area contributed by atoms with Crippen LogP contribution in [0.2, 0.25) is 0 Å². The minimum atomic E-state index is -1.16. The first-order chi connectivity index (χ1) is 4.22. The van der Waals surface area contributed by atoms with Crippen molar-refractivity contribution in [2.24, 2.45) is 0 Å². The minimum Gasteiger partial charge on any atom is -0.367 e. The van der Waals surface area contributed by atoms with E-state index in [2.05, 4.69) is 0 Å². The Hall–Kier alpha value is -0.120. The van der Waals surface area contributed by atoms with Gasteiger partial charge in [-0.25, -0.2) is 0 Å². The molecule has 0 aromatic rings. The van der Waals surface area contributed by atoms with Crippen LogP contribution < -0.4 is 0 Å². The third-order valence-electron chi connectivity index (χ3n) is 1.92. The Morgan fingerprint density at radius 3 is 2.44 bits per heavy atom. The van der Waals surface area contributed by atoms with Gasteiger partial charge >= 0.3 is 0 Å². The van der Waals surface area contributed by atoms with E-state index in [1.807, 2.05) is 11.9 Å². The molecule has 1 aliphatic rings. The molecule has 0 spiro atoms. The van der Waals surface area contributed by atoms with E-state index in [1.54, 1.807) is 0 Å². The quantitative estimate of drug-likeness (QED) is 0.467. The molecule has 0 radical (unpaired) electrons. The van der Waals surface area contributed by atoms with Gasteiger partial charge in [-0.05, 0) is 26.4 Å². The molecule has 1 aliphatic heterocycles. The first kappa shape index (κ1) is 6.99. The van der Waals surface area contributed by atoms with Gasteiger partial charge in [-0.3, -0.25) is 4.90 Å². The van der Waals surface area contributed by atoms with Gasteiger partial charge in [0.25, 0.3) is 0 Å². The van der Waals surface area contributed by atoms with Gasteiger partial charge in [-0.1, -0.05) is 0 Å². The van der Waals surface area contributed by atoms with Crippen LogP contribution in [0.25, 0.3) is 0 Å². The number of aliphatic hydroxyl groups is 2. The van der Waals surface area contributed by atoms with Gasteiger partial charge in [-0.15, -0.1) is 0 Å². The minimum absolute atomic E-state index is 0.0231. The summed E-state index contributed by atoms with van der Waals surface area (Å²) in [6.07, 6.45) is 0.838. The second-order valence-electron chi connectivity index (χ2n) is 2.60. The lowest BCUT2D eigenvalue weighted by Gasteiger charge is -2.20. The van der Waals surface area contributed by atoms with E-state index in [1.165, 1.54) is 0 Å². The summed E-state index contributed by atoms with van der Waals surface area (Å²) in [5.41, 5.74) is 0. The van der Waals surface area contributed by atoms with Crippen LogP contribution in [0.1, 0.15) is 12.8 Å². The molecule has 0 bridgehead atoms. The summed E-state index contributed by atoms with van der Waals surface area (Å²) in [5.74, 6) is 0. The van der Waals surface area contributed by atoms with Crippen LogP contribution in [0.3, 0.4) is 0 Å². The number of nitrogens with zero attached hydrogens (tertiary/aromatic N) is 1. The molecule has 0 amide bonds. The monoisotopic (exact) mass is 131 g/mol. The fraction of sp³-hybridized carbons (Fsp3) is 1.00. The first-order valence-electron chi connectivity index (χ1n) is 3.28. The van der Waals surface area contributed by atoms with Crippen molar-refractivity contribution in [2.45, 2.75) is 25.2 Å². The summed E-state index contributed by atoms with van der Waals surface area (Å²) in [4.78, 5) is 1.98. The van der Waals surface area contributed by atoms with Crippen molar-refractivity contribution in [3.8, 4) is 0 Å². The SMILES string of the molecule is CN1CCC[C@H]1C(O)O. The molecule has 1 rings (SSSR count). The highest BCUT2D eigenvalue weighted by atomic mass is 16.5. The third kappa shape index (κ3) is 1.41. The van der Waals surface area contributed by atoms with E-state index < -0.39 is 6.29 Å². The second kappa shape index (κ2) is 2.64. The topological polar surface area (TPSA) is 43.7 Å². The van der Waals surface area contributed by atoms with E-state index in [-0.39, 0.29) is 6.04 Å². The Labute approximate surface area is 54.9 Å². The van der Waals surface area contributed by atoms with Gasteiger partial charge in [0.2, 0.25) is 0 Å². The highest BCUT2D eigenvalue weighted by Gasteiger charge is 2.25. The maximum absolute atomic E-state index is 8.74. The smallest absolute Gasteiger partial charge is 0.167 e. The van der Waals surface area contributed by atoms with Crippen LogP contribution in [-0.4, -0.2) is 41.0 Å². The normalized spacial score (nSPS) is 30.0. The van der Waals surface area contributed by atoms with E-state index in [0.29, 0.717) is 0 Å². The molecule has 9 heavy (non-hydrogen) atoms. The molecule has 1 atom stereocenters. The van der Waals surface area contributed by atoms with Crippen molar-refractivity contribution in [1.82, 2.24) is 4.90 Å². The number of hydrogen-bond acceptors (Lipinski definition) is 3. The lowest BCUT2D eigenvalue weighted by atomic mass is 10.2. The molecule has 3 heteroatoms. The Morgan fingerprint density at radius 2 is 2.22 bits per heavy atom. The number of aliphatic hydroxyl groups excluding tert-OH is 1. The van der Waals surface area contributed by atoms with Crippen molar-refractivity contribution >= 4 is 0 Å². The molecule has 3 nitrogen and oxygen atoms in total. The molecular weight excluding hydrogens is 118 g/mol.